The molecule has 0 unspecified atom stereocenters. The molecule has 2 heteroatoms. The first-order valence-corrected chi connectivity index (χ1v) is 4.87. The van der Waals surface area contributed by atoms with Crippen LogP contribution in [0.3, 0.4) is 0 Å². The van der Waals surface area contributed by atoms with Crippen molar-refractivity contribution in [1.29, 1.82) is 0 Å². The molecule has 1 aliphatic carbocycles. The van der Waals surface area contributed by atoms with Crippen LogP contribution in [0.1, 0.15) is 29.9 Å². The molecule has 2 nitrogen and oxygen atoms in total. The molecular weight excluding hydrogens is 176 g/mol. The lowest BCUT2D eigenvalue weighted by molar-refractivity contribution is -0.124. The Hall–Kier alpha value is -1.31. The van der Waals surface area contributed by atoms with Crippen molar-refractivity contribution in [3.63, 3.8) is 0 Å². The molecule has 0 bridgehead atoms. The number of hydrogen-bond acceptors (Lipinski definition) is 2. The second-order valence-electron chi connectivity index (χ2n) is 3.89. The maximum atomic E-state index is 10.9. The highest BCUT2D eigenvalue weighted by molar-refractivity contribution is 5.86. The lowest BCUT2D eigenvalue weighted by atomic mass is 9.78. The van der Waals surface area contributed by atoms with E-state index in [1.54, 1.807) is 7.11 Å². The molecule has 0 aliphatic heterocycles. The van der Waals surface area contributed by atoms with Gasteiger partial charge in [-0.15, -0.1) is 0 Å². The number of carbonyl (C=O) groups is 1. The Labute approximate surface area is 83.9 Å². The van der Waals surface area contributed by atoms with Crippen LogP contribution in [0.25, 0.3) is 0 Å². The van der Waals surface area contributed by atoms with Gasteiger partial charge in [0.1, 0.15) is 11.5 Å². The zero-order valence-corrected chi connectivity index (χ0v) is 8.54. The van der Waals surface area contributed by atoms with Crippen LogP contribution in [0, 0.1) is 6.92 Å². The largest absolute Gasteiger partial charge is 0.496 e. The van der Waals surface area contributed by atoms with E-state index >= 15 is 0 Å². The van der Waals surface area contributed by atoms with Gasteiger partial charge in [-0.2, -0.15) is 0 Å². The van der Waals surface area contributed by atoms with Crippen molar-refractivity contribution in [2.24, 2.45) is 0 Å². The molecule has 2 rings (SSSR count). The van der Waals surface area contributed by atoms with Gasteiger partial charge in [0.05, 0.1) is 7.11 Å². The second-order valence-corrected chi connectivity index (χ2v) is 3.89. The van der Waals surface area contributed by atoms with E-state index in [1.165, 1.54) is 11.1 Å². The number of carbonyl (C=O) groups excluding carboxylic acids is 1. The summed E-state index contributed by atoms with van der Waals surface area (Å²) >= 11 is 0. The zero-order chi connectivity index (χ0) is 10.1. The molecule has 0 spiro atoms. The van der Waals surface area contributed by atoms with Crippen LogP contribution in [0.15, 0.2) is 18.2 Å². The van der Waals surface area contributed by atoms with E-state index in [-0.39, 0.29) is 0 Å². The first kappa shape index (κ1) is 9.25. The summed E-state index contributed by atoms with van der Waals surface area (Å²) in [6.07, 6.45) is 1.36. The van der Waals surface area contributed by atoms with Crippen molar-refractivity contribution in [3.8, 4) is 5.75 Å². The molecule has 0 atom stereocenters. The Morgan fingerprint density at radius 1 is 1.36 bits per heavy atom. The Morgan fingerprint density at radius 3 is 2.64 bits per heavy atom. The van der Waals surface area contributed by atoms with Gasteiger partial charge >= 0.3 is 0 Å². The van der Waals surface area contributed by atoms with Crippen LogP contribution in [-0.2, 0) is 4.79 Å². The highest BCUT2D eigenvalue weighted by Gasteiger charge is 2.29. The second kappa shape index (κ2) is 3.45. The van der Waals surface area contributed by atoms with Gasteiger partial charge in [-0.1, -0.05) is 17.7 Å². The topological polar surface area (TPSA) is 26.3 Å². The molecule has 0 amide bonds. The molecule has 0 aromatic heterocycles. The number of benzene rings is 1. The fraction of sp³-hybridized carbons (Fsp3) is 0.417. The van der Waals surface area contributed by atoms with Gasteiger partial charge in [-0.05, 0) is 18.6 Å². The van der Waals surface area contributed by atoms with Gasteiger partial charge < -0.3 is 4.74 Å². The molecule has 0 heterocycles. The van der Waals surface area contributed by atoms with Crippen molar-refractivity contribution in [2.75, 3.05) is 7.11 Å². The SMILES string of the molecule is COc1ccc(C)cc1C1CC(=O)C1. The van der Waals surface area contributed by atoms with Crippen molar-refractivity contribution in [3.05, 3.63) is 29.3 Å². The molecule has 0 N–H and O–H groups in total. The molecule has 1 saturated carbocycles. The lowest BCUT2D eigenvalue weighted by Gasteiger charge is -2.26. The molecule has 0 saturated heterocycles. The number of rotatable bonds is 2. The summed E-state index contributed by atoms with van der Waals surface area (Å²) in [6.45, 7) is 2.06. The molecule has 0 radical (unpaired) electrons. The highest BCUT2D eigenvalue weighted by atomic mass is 16.5. The summed E-state index contributed by atoms with van der Waals surface area (Å²) in [6, 6.07) is 6.13. The quantitative estimate of drug-likeness (QED) is 0.716. The van der Waals surface area contributed by atoms with Crippen LogP contribution in [0.2, 0.25) is 0 Å². The minimum Gasteiger partial charge on any atom is -0.496 e. The number of hydrogen-bond donors (Lipinski definition) is 0. The monoisotopic (exact) mass is 190 g/mol. The molecule has 74 valence electrons. The third-order valence-corrected chi connectivity index (χ3v) is 2.77. The third kappa shape index (κ3) is 1.52. The third-order valence-electron chi connectivity index (χ3n) is 2.77. The maximum absolute atomic E-state index is 10.9. The highest BCUT2D eigenvalue weighted by Crippen LogP contribution is 2.38. The molecule has 14 heavy (non-hydrogen) atoms. The standard InChI is InChI=1S/C12H14O2/c1-8-3-4-12(14-2)11(5-8)9-6-10(13)7-9/h3-5,9H,6-7H2,1-2H3. The first-order valence-electron chi connectivity index (χ1n) is 4.87. The Bertz CT molecular complexity index is 361. The number of methoxy groups -OCH3 is 1. The summed E-state index contributed by atoms with van der Waals surface area (Å²) in [5.74, 6) is 1.66. The van der Waals surface area contributed by atoms with Gasteiger partial charge in [0.2, 0.25) is 0 Å². The van der Waals surface area contributed by atoms with Gasteiger partial charge in [-0.25, -0.2) is 0 Å². The minimum absolute atomic E-state index is 0.360. The first-order chi connectivity index (χ1) is 6.70. The number of aryl methyl sites for hydroxylation is 1. The van der Waals surface area contributed by atoms with Crippen LogP contribution < -0.4 is 4.74 Å². The van der Waals surface area contributed by atoms with E-state index in [9.17, 15) is 4.79 Å². The van der Waals surface area contributed by atoms with Gasteiger partial charge in [0.15, 0.2) is 0 Å². The van der Waals surface area contributed by atoms with Gasteiger partial charge in [0.25, 0.3) is 0 Å². The van der Waals surface area contributed by atoms with E-state index in [0.29, 0.717) is 24.5 Å². The average molecular weight is 190 g/mol. The number of ketones is 1. The predicted molar refractivity (Wildman–Crippen MR) is 54.7 cm³/mol. The normalized spacial score (nSPS) is 16.6. The summed E-state index contributed by atoms with van der Waals surface area (Å²) in [5, 5.41) is 0. The average Bonchev–Trinajstić information content (AvgIpc) is 2.13. The summed E-state index contributed by atoms with van der Waals surface area (Å²) < 4.78 is 5.28. The molecule has 1 aliphatic rings. The minimum atomic E-state index is 0.360. The Balaban J connectivity index is 2.30. The molecular formula is C12H14O2. The molecule has 1 fully saturated rings. The summed E-state index contributed by atoms with van der Waals surface area (Å²) in [4.78, 5) is 10.9. The summed E-state index contributed by atoms with van der Waals surface area (Å²) in [5.41, 5.74) is 2.41. The number of ether oxygens (including phenoxy) is 1. The number of Topliss-reactive ketones (excluding diaryl/α,β-unsaturated/α-hetero) is 1. The lowest BCUT2D eigenvalue weighted by Crippen LogP contribution is -2.21. The van der Waals surface area contributed by atoms with Crippen LogP contribution in [-0.4, -0.2) is 12.9 Å². The smallest absolute Gasteiger partial charge is 0.134 e. The van der Waals surface area contributed by atoms with Crippen molar-refractivity contribution < 1.29 is 9.53 Å². The fourth-order valence-corrected chi connectivity index (χ4v) is 1.88. The fourth-order valence-electron chi connectivity index (χ4n) is 1.88. The van der Waals surface area contributed by atoms with E-state index < -0.39 is 0 Å². The van der Waals surface area contributed by atoms with Crippen molar-refractivity contribution >= 4 is 5.78 Å². The van der Waals surface area contributed by atoms with Crippen LogP contribution >= 0.6 is 0 Å². The summed E-state index contributed by atoms with van der Waals surface area (Å²) in [7, 11) is 1.68. The van der Waals surface area contributed by atoms with Gasteiger partial charge in [-0.3, -0.25) is 4.79 Å². The van der Waals surface area contributed by atoms with E-state index in [4.69, 9.17) is 4.74 Å². The van der Waals surface area contributed by atoms with Crippen LogP contribution in [0.5, 0.6) is 5.75 Å². The van der Waals surface area contributed by atoms with Crippen LogP contribution in [0.4, 0.5) is 0 Å². The Morgan fingerprint density at radius 2 is 2.07 bits per heavy atom. The Kier molecular flexibility index (Phi) is 2.28. The van der Waals surface area contributed by atoms with E-state index in [2.05, 4.69) is 13.0 Å². The van der Waals surface area contributed by atoms with Gasteiger partial charge in [0, 0.05) is 18.8 Å². The van der Waals surface area contributed by atoms with Crippen molar-refractivity contribution in [2.45, 2.75) is 25.7 Å². The predicted octanol–water partition coefficient (Wildman–Crippen LogP) is 2.45. The molecule has 1 aromatic rings. The zero-order valence-electron chi connectivity index (χ0n) is 8.54. The van der Waals surface area contributed by atoms with E-state index in [0.717, 1.165) is 5.75 Å². The molecule has 1 aromatic carbocycles. The van der Waals surface area contributed by atoms with E-state index in [1.807, 2.05) is 12.1 Å². The maximum Gasteiger partial charge on any atom is 0.134 e. The van der Waals surface area contributed by atoms with Crippen molar-refractivity contribution in [1.82, 2.24) is 0 Å².